The van der Waals surface area contributed by atoms with Crippen LogP contribution in [0.15, 0.2) is 34.6 Å². The molecule has 4 rings (SSSR count). The zero-order valence-electron chi connectivity index (χ0n) is 18.9. The average Bonchev–Trinajstić information content (AvgIpc) is 3.20. The van der Waals surface area contributed by atoms with Gasteiger partial charge in [-0.05, 0) is 56.4 Å². The second kappa shape index (κ2) is 8.50. The quantitative estimate of drug-likeness (QED) is 0.634. The van der Waals surface area contributed by atoms with Gasteiger partial charge < -0.3 is 10.6 Å². The SMILES string of the molecule is CC(C)c1csc(C=Cc2ccn3c(=O)cc(N4CCCC(C(N)=O)C4(C)C)nc3c2)n1. The van der Waals surface area contributed by atoms with Crippen molar-refractivity contribution < 1.29 is 4.79 Å². The summed E-state index contributed by atoms with van der Waals surface area (Å²) in [5, 5.41) is 3.03. The fourth-order valence-electron chi connectivity index (χ4n) is 4.34. The van der Waals surface area contributed by atoms with E-state index in [2.05, 4.69) is 24.2 Å². The van der Waals surface area contributed by atoms with E-state index in [0.29, 0.717) is 17.4 Å². The van der Waals surface area contributed by atoms with E-state index in [9.17, 15) is 9.59 Å². The number of aromatic nitrogens is 3. The average molecular weight is 452 g/mol. The Hall–Kier alpha value is -3.00. The van der Waals surface area contributed by atoms with E-state index in [4.69, 9.17) is 10.7 Å². The number of anilines is 1. The summed E-state index contributed by atoms with van der Waals surface area (Å²) in [4.78, 5) is 36.3. The number of carbonyl (C=O) groups excluding carboxylic acids is 1. The molecule has 1 aliphatic rings. The van der Waals surface area contributed by atoms with Gasteiger partial charge in [0.25, 0.3) is 5.56 Å². The molecule has 3 aromatic rings. The summed E-state index contributed by atoms with van der Waals surface area (Å²) in [5.41, 5.74) is 7.57. The molecule has 4 heterocycles. The molecule has 0 bridgehead atoms. The molecule has 1 atom stereocenters. The summed E-state index contributed by atoms with van der Waals surface area (Å²) in [6, 6.07) is 5.31. The molecule has 1 unspecified atom stereocenters. The second-order valence-corrected chi connectivity index (χ2v) is 10.0. The smallest absolute Gasteiger partial charge is 0.259 e. The Kier molecular flexibility index (Phi) is 5.90. The zero-order chi connectivity index (χ0) is 23.0. The molecule has 0 aromatic carbocycles. The van der Waals surface area contributed by atoms with E-state index in [1.54, 1.807) is 17.5 Å². The molecule has 1 amide bonds. The number of nitrogens with zero attached hydrogens (tertiary/aromatic N) is 4. The molecule has 8 heteroatoms. The van der Waals surface area contributed by atoms with Crippen LogP contribution in [-0.4, -0.2) is 32.4 Å². The number of carbonyl (C=O) groups is 1. The zero-order valence-corrected chi connectivity index (χ0v) is 19.7. The van der Waals surface area contributed by atoms with Crippen LogP contribution >= 0.6 is 11.3 Å². The topological polar surface area (TPSA) is 93.6 Å². The van der Waals surface area contributed by atoms with E-state index in [1.807, 2.05) is 43.0 Å². The Balaban J connectivity index is 1.68. The van der Waals surface area contributed by atoms with E-state index in [1.165, 1.54) is 10.5 Å². The number of fused-ring (bicyclic) bond motifs is 1. The predicted molar refractivity (Wildman–Crippen MR) is 130 cm³/mol. The number of amides is 1. The van der Waals surface area contributed by atoms with Crippen LogP contribution in [0.25, 0.3) is 17.8 Å². The predicted octanol–water partition coefficient (Wildman–Crippen LogP) is 3.93. The third-order valence-electron chi connectivity index (χ3n) is 6.27. The third-order valence-corrected chi connectivity index (χ3v) is 7.10. The maximum absolute atomic E-state index is 12.8. The number of hydrogen-bond donors (Lipinski definition) is 1. The Morgan fingerprint density at radius 1 is 1.28 bits per heavy atom. The lowest BCUT2D eigenvalue weighted by atomic mass is 9.78. The lowest BCUT2D eigenvalue weighted by Gasteiger charge is -2.47. The Bertz CT molecular complexity index is 1240. The van der Waals surface area contributed by atoms with Crippen LogP contribution < -0.4 is 16.2 Å². The largest absolute Gasteiger partial charge is 0.369 e. The molecule has 3 aromatic heterocycles. The molecule has 168 valence electrons. The number of nitrogens with two attached hydrogens (primary N) is 1. The van der Waals surface area contributed by atoms with Gasteiger partial charge in [0, 0.05) is 29.7 Å². The number of pyridine rings is 1. The maximum atomic E-state index is 12.8. The standard InChI is InChI=1S/C24H29N5O2S/c1-15(2)18-14-32-21(26-18)8-7-16-9-11-28-19(12-16)27-20(13-22(28)30)29-10-5-6-17(23(25)31)24(29,3)4/h7-9,11-15,17H,5-6,10H2,1-4H3,(H2,25,31). The van der Waals surface area contributed by atoms with Crippen molar-refractivity contribution in [1.82, 2.24) is 14.4 Å². The van der Waals surface area contributed by atoms with Gasteiger partial charge in [-0.25, -0.2) is 9.97 Å². The summed E-state index contributed by atoms with van der Waals surface area (Å²) < 4.78 is 1.53. The van der Waals surface area contributed by atoms with Crippen LogP contribution in [0.4, 0.5) is 5.82 Å². The van der Waals surface area contributed by atoms with Gasteiger partial charge in [-0.1, -0.05) is 19.9 Å². The van der Waals surface area contributed by atoms with Gasteiger partial charge in [0.05, 0.1) is 11.6 Å². The Morgan fingerprint density at radius 2 is 2.06 bits per heavy atom. The molecule has 1 fully saturated rings. The van der Waals surface area contributed by atoms with Gasteiger partial charge in [-0.3, -0.25) is 14.0 Å². The number of rotatable bonds is 5. The van der Waals surface area contributed by atoms with Crippen molar-refractivity contribution in [2.45, 2.75) is 52.0 Å². The first kappa shape index (κ1) is 22.2. The van der Waals surface area contributed by atoms with Gasteiger partial charge in [-0.15, -0.1) is 11.3 Å². The van der Waals surface area contributed by atoms with Gasteiger partial charge in [0.2, 0.25) is 5.91 Å². The molecule has 2 N–H and O–H groups in total. The molecule has 32 heavy (non-hydrogen) atoms. The molecule has 1 aliphatic heterocycles. The molecular weight excluding hydrogens is 422 g/mol. The first-order chi connectivity index (χ1) is 15.2. The summed E-state index contributed by atoms with van der Waals surface area (Å²) >= 11 is 1.61. The van der Waals surface area contributed by atoms with Crippen LogP contribution in [0.2, 0.25) is 0 Å². The minimum atomic E-state index is -0.516. The van der Waals surface area contributed by atoms with Gasteiger partial charge in [-0.2, -0.15) is 0 Å². The molecule has 1 saturated heterocycles. The van der Waals surface area contributed by atoms with Crippen molar-refractivity contribution in [3.63, 3.8) is 0 Å². The summed E-state index contributed by atoms with van der Waals surface area (Å²) in [6.07, 6.45) is 7.27. The number of thiazole rings is 1. The molecule has 0 aliphatic carbocycles. The van der Waals surface area contributed by atoms with Crippen molar-refractivity contribution in [3.8, 4) is 0 Å². The van der Waals surface area contributed by atoms with Crippen molar-refractivity contribution in [2.24, 2.45) is 11.7 Å². The van der Waals surface area contributed by atoms with Crippen molar-refractivity contribution in [1.29, 1.82) is 0 Å². The number of piperidine rings is 1. The maximum Gasteiger partial charge on any atom is 0.259 e. The fraction of sp³-hybridized carbons (Fsp3) is 0.417. The number of primary amides is 1. The molecule has 7 nitrogen and oxygen atoms in total. The fourth-order valence-corrected chi connectivity index (χ4v) is 5.21. The van der Waals surface area contributed by atoms with Crippen LogP contribution in [0.1, 0.15) is 62.7 Å². The minimum Gasteiger partial charge on any atom is -0.369 e. The molecule has 0 radical (unpaired) electrons. The van der Waals surface area contributed by atoms with E-state index in [-0.39, 0.29) is 17.4 Å². The van der Waals surface area contributed by atoms with Crippen molar-refractivity contribution in [3.05, 3.63) is 56.4 Å². The second-order valence-electron chi connectivity index (χ2n) is 9.14. The Labute approximate surface area is 191 Å². The van der Waals surface area contributed by atoms with E-state index < -0.39 is 5.54 Å². The third kappa shape index (κ3) is 4.19. The highest BCUT2D eigenvalue weighted by Crippen LogP contribution is 2.35. The molecular formula is C24H29N5O2S. The summed E-state index contributed by atoms with van der Waals surface area (Å²) in [7, 11) is 0. The van der Waals surface area contributed by atoms with Gasteiger partial charge in [0.1, 0.15) is 16.5 Å². The minimum absolute atomic E-state index is 0.154. The van der Waals surface area contributed by atoms with Crippen LogP contribution in [0.3, 0.4) is 0 Å². The molecule has 0 spiro atoms. The lowest BCUT2D eigenvalue weighted by Crippen LogP contribution is -2.57. The lowest BCUT2D eigenvalue weighted by molar-refractivity contribution is -0.124. The van der Waals surface area contributed by atoms with E-state index in [0.717, 1.165) is 35.7 Å². The van der Waals surface area contributed by atoms with Crippen molar-refractivity contribution >= 4 is 40.9 Å². The van der Waals surface area contributed by atoms with Crippen LogP contribution in [-0.2, 0) is 4.79 Å². The first-order valence-electron chi connectivity index (χ1n) is 10.9. The molecule has 0 saturated carbocycles. The highest BCUT2D eigenvalue weighted by atomic mass is 32.1. The Morgan fingerprint density at radius 3 is 2.75 bits per heavy atom. The van der Waals surface area contributed by atoms with Crippen LogP contribution in [0.5, 0.6) is 0 Å². The number of hydrogen-bond acceptors (Lipinski definition) is 6. The van der Waals surface area contributed by atoms with Crippen molar-refractivity contribution in [2.75, 3.05) is 11.4 Å². The van der Waals surface area contributed by atoms with E-state index >= 15 is 0 Å². The highest BCUT2D eigenvalue weighted by molar-refractivity contribution is 7.10. The summed E-state index contributed by atoms with van der Waals surface area (Å²) in [6.45, 7) is 8.96. The van der Waals surface area contributed by atoms with Gasteiger partial charge in [0.15, 0.2) is 0 Å². The monoisotopic (exact) mass is 451 g/mol. The van der Waals surface area contributed by atoms with Crippen LogP contribution in [0, 0.1) is 5.92 Å². The van der Waals surface area contributed by atoms with Gasteiger partial charge >= 0.3 is 0 Å². The highest BCUT2D eigenvalue weighted by Gasteiger charge is 2.42. The normalized spacial score (nSPS) is 18.7. The first-order valence-corrected chi connectivity index (χ1v) is 11.8. The summed E-state index contributed by atoms with van der Waals surface area (Å²) in [5.74, 6) is 0.373.